The van der Waals surface area contributed by atoms with Crippen LogP contribution in [0.4, 0.5) is 0 Å². The molecule has 26 heavy (non-hydrogen) atoms. The Kier molecular flexibility index (Phi) is 6.75. The zero-order valence-electron chi connectivity index (χ0n) is 15.4. The lowest BCUT2D eigenvalue weighted by Crippen LogP contribution is -2.54. The lowest BCUT2D eigenvalue weighted by Gasteiger charge is -2.47. The van der Waals surface area contributed by atoms with Crippen LogP contribution in [-0.4, -0.2) is 42.9 Å². The quantitative estimate of drug-likeness (QED) is 0.533. The Morgan fingerprint density at radius 1 is 1.08 bits per heavy atom. The molecule has 2 fully saturated rings. The van der Waals surface area contributed by atoms with E-state index >= 15 is 0 Å². The zero-order valence-corrected chi connectivity index (χ0v) is 15.4. The largest absolute Gasteiger partial charge is 0.466 e. The number of Topliss-reactive ketones (excluding diaryl/α,β-unsaturated/α-hetero) is 1. The van der Waals surface area contributed by atoms with Crippen molar-refractivity contribution in [3.8, 4) is 0 Å². The van der Waals surface area contributed by atoms with E-state index in [0.717, 1.165) is 12.8 Å². The summed E-state index contributed by atoms with van der Waals surface area (Å²) in [7, 11) is 0. The van der Waals surface area contributed by atoms with Gasteiger partial charge in [0.15, 0.2) is 0 Å². The van der Waals surface area contributed by atoms with Gasteiger partial charge in [-0.15, -0.1) is 0 Å². The van der Waals surface area contributed by atoms with Crippen molar-refractivity contribution in [2.45, 2.75) is 71.9 Å². The molecule has 8 nitrogen and oxygen atoms in total. The number of hydrogen-bond acceptors (Lipinski definition) is 8. The molecular weight excluding hydrogens is 344 g/mol. The Labute approximate surface area is 152 Å². The van der Waals surface area contributed by atoms with Gasteiger partial charge >= 0.3 is 17.9 Å². The Bertz CT molecular complexity index is 572. The molecular formula is C18H26O8. The van der Waals surface area contributed by atoms with E-state index in [-0.39, 0.29) is 12.4 Å². The molecule has 1 aliphatic carbocycles. The Morgan fingerprint density at radius 2 is 1.77 bits per heavy atom. The van der Waals surface area contributed by atoms with Gasteiger partial charge in [-0.05, 0) is 24.7 Å². The number of esters is 3. The van der Waals surface area contributed by atoms with Crippen LogP contribution in [0.1, 0.15) is 59.3 Å². The summed E-state index contributed by atoms with van der Waals surface area (Å²) in [5, 5.41) is 0. The average Bonchev–Trinajstić information content (AvgIpc) is 2.65. The molecule has 146 valence electrons. The maximum atomic E-state index is 12.8. The van der Waals surface area contributed by atoms with Gasteiger partial charge in [0.25, 0.3) is 0 Å². The highest BCUT2D eigenvalue weighted by Crippen LogP contribution is 2.51. The van der Waals surface area contributed by atoms with Crippen molar-refractivity contribution >= 4 is 23.7 Å². The first-order valence-electron chi connectivity index (χ1n) is 8.89. The summed E-state index contributed by atoms with van der Waals surface area (Å²) in [5.74, 6) is -2.22. The van der Waals surface area contributed by atoms with Gasteiger partial charge in [-0.25, -0.2) is 0 Å². The molecule has 2 aliphatic rings. The zero-order chi connectivity index (χ0) is 19.3. The third-order valence-corrected chi connectivity index (χ3v) is 4.97. The minimum absolute atomic E-state index is 0.0437. The van der Waals surface area contributed by atoms with E-state index in [9.17, 15) is 19.2 Å². The van der Waals surface area contributed by atoms with E-state index in [2.05, 4.69) is 0 Å². The lowest BCUT2D eigenvalue weighted by atomic mass is 9.65. The van der Waals surface area contributed by atoms with Crippen LogP contribution in [-0.2, 0) is 38.1 Å². The van der Waals surface area contributed by atoms with Gasteiger partial charge in [-0.1, -0.05) is 6.42 Å². The van der Waals surface area contributed by atoms with Crippen molar-refractivity contribution in [2.24, 2.45) is 11.3 Å². The Balaban J connectivity index is 2.34. The summed E-state index contributed by atoms with van der Waals surface area (Å²) in [6.07, 6.45) is 1.24. The van der Waals surface area contributed by atoms with E-state index in [1.54, 1.807) is 0 Å². The summed E-state index contributed by atoms with van der Waals surface area (Å²) >= 11 is 0. The Morgan fingerprint density at radius 3 is 2.38 bits per heavy atom. The molecule has 1 aliphatic heterocycles. The summed E-state index contributed by atoms with van der Waals surface area (Å²) in [6.45, 7) is 3.96. The summed E-state index contributed by atoms with van der Waals surface area (Å²) in [5.41, 5.74) is -0.623. The fraction of sp³-hybridized carbons (Fsp3) is 0.778. The lowest BCUT2D eigenvalue weighted by molar-refractivity contribution is -0.294. The molecule has 1 saturated heterocycles. The molecule has 0 unspecified atom stereocenters. The van der Waals surface area contributed by atoms with Crippen LogP contribution in [0.25, 0.3) is 0 Å². The van der Waals surface area contributed by atoms with Crippen molar-refractivity contribution in [1.29, 1.82) is 0 Å². The van der Waals surface area contributed by atoms with Crippen LogP contribution in [0.3, 0.4) is 0 Å². The van der Waals surface area contributed by atoms with Crippen molar-refractivity contribution in [3.05, 3.63) is 0 Å². The number of rotatable bonds is 5. The number of fused-ring (bicyclic) bond motifs is 1. The number of carbonyl (C=O) groups excluding carboxylic acids is 4. The topological polar surface area (TPSA) is 105 Å². The second-order valence-corrected chi connectivity index (χ2v) is 6.96. The Hall–Kier alpha value is -1.96. The average molecular weight is 370 g/mol. The van der Waals surface area contributed by atoms with Gasteiger partial charge in [0.05, 0.1) is 12.5 Å². The minimum Gasteiger partial charge on any atom is -0.466 e. The van der Waals surface area contributed by atoms with Gasteiger partial charge in [-0.3, -0.25) is 19.2 Å². The molecule has 4 atom stereocenters. The normalized spacial score (nSPS) is 31.3. The molecule has 0 radical (unpaired) electrons. The molecule has 0 aromatic rings. The number of ether oxygens (including phenoxy) is 4. The van der Waals surface area contributed by atoms with Gasteiger partial charge < -0.3 is 18.9 Å². The van der Waals surface area contributed by atoms with E-state index in [1.807, 2.05) is 0 Å². The molecule has 0 amide bonds. The van der Waals surface area contributed by atoms with Crippen molar-refractivity contribution in [1.82, 2.24) is 0 Å². The van der Waals surface area contributed by atoms with Crippen LogP contribution >= 0.6 is 0 Å². The highest BCUT2D eigenvalue weighted by Gasteiger charge is 2.55. The molecule has 8 heteroatoms. The number of ketones is 1. The summed E-state index contributed by atoms with van der Waals surface area (Å²) in [6, 6.07) is 0. The van der Waals surface area contributed by atoms with E-state index < -0.39 is 41.8 Å². The first kappa shape index (κ1) is 20.4. The summed E-state index contributed by atoms with van der Waals surface area (Å²) in [4.78, 5) is 46.8. The highest BCUT2D eigenvalue weighted by atomic mass is 16.8. The predicted octanol–water partition coefficient (Wildman–Crippen LogP) is 1.88. The molecule has 1 heterocycles. The highest BCUT2D eigenvalue weighted by molar-refractivity contribution is 5.83. The summed E-state index contributed by atoms with van der Waals surface area (Å²) < 4.78 is 21.2. The second kappa shape index (κ2) is 8.62. The molecule has 0 aromatic heterocycles. The van der Waals surface area contributed by atoms with Crippen LogP contribution in [0.5, 0.6) is 0 Å². The smallest absolute Gasteiger partial charge is 0.304 e. The first-order valence-corrected chi connectivity index (χ1v) is 8.89. The van der Waals surface area contributed by atoms with E-state index in [0.29, 0.717) is 25.7 Å². The third kappa shape index (κ3) is 5.03. The number of hydrogen-bond donors (Lipinski definition) is 0. The van der Waals surface area contributed by atoms with E-state index in [4.69, 9.17) is 18.9 Å². The van der Waals surface area contributed by atoms with Crippen LogP contribution in [0.15, 0.2) is 0 Å². The fourth-order valence-corrected chi connectivity index (χ4v) is 4.00. The van der Waals surface area contributed by atoms with Gasteiger partial charge in [0.2, 0.25) is 12.6 Å². The minimum atomic E-state index is -1.12. The molecule has 0 aromatic carbocycles. The second-order valence-electron chi connectivity index (χ2n) is 6.96. The fourth-order valence-electron chi connectivity index (χ4n) is 4.00. The van der Waals surface area contributed by atoms with Crippen molar-refractivity contribution in [3.63, 3.8) is 0 Å². The predicted molar refractivity (Wildman–Crippen MR) is 87.5 cm³/mol. The standard InChI is InChI=1S/C18H26O8/c1-11(19)23-9-8-18-7-5-4-6-14(22)16(18)17(25-13(3)21)26-15(10-18)24-12(2)20/h15-17H,4-10H2,1-3H3/t15-,16-,17-,18-/m1/s1. The van der Waals surface area contributed by atoms with Gasteiger partial charge in [0, 0.05) is 33.6 Å². The van der Waals surface area contributed by atoms with Crippen LogP contribution < -0.4 is 0 Å². The van der Waals surface area contributed by atoms with E-state index in [1.165, 1.54) is 20.8 Å². The van der Waals surface area contributed by atoms with Crippen LogP contribution in [0.2, 0.25) is 0 Å². The third-order valence-electron chi connectivity index (χ3n) is 4.97. The molecule has 0 spiro atoms. The number of carbonyl (C=O) groups is 4. The van der Waals surface area contributed by atoms with Crippen molar-refractivity contribution in [2.75, 3.05) is 6.61 Å². The van der Waals surface area contributed by atoms with Gasteiger partial charge in [-0.2, -0.15) is 0 Å². The molecule has 1 saturated carbocycles. The SMILES string of the molecule is CC(=O)OCC[C@@]12CCCCC(=O)[C@@H]1[C@H](OC(C)=O)O[C@@H](OC(C)=O)C2. The maximum absolute atomic E-state index is 12.8. The maximum Gasteiger partial charge on any atom is 0.304 e. The molecule has 0 bridgehead atoms. The monoisotopic (exact) mass is 370 g/mol. The first-order chi connectivity index (χ1) is 12.2. The molecule has 0 N–H and O–H groups in total. The molecule has 2 rings (SSSR count). The van der Waals surface area contributed by atoms with Crippen molar-refractivity contribution < 1.29 is 38.1 Å². The van der Waals surface area contributed by atoms with Crippen LogP contribution in [0, 0.1) is 11.3 Å². The van der Waals surface area contributed by atoms with Gasteiger partial charge in [0.1, 0.15) is 5.78 Å².